The Hall–Kier alpha value is -2.53. The van der Waals surface area contributed by atoms with Gasteiger partial charge in [-0.2, -0.15) is 0 Å². The van der Waals surface area contributed by atoms with E-state index in [0.717, 1.165) is 43.6 Å². The number of hydrogen-bond donors (Lipinski definition) is 1. The molecule has 1 aliphatic carbocycles. The van der Waals surface area contributed by atoms with Crippen molar-refractivity contribution in [2.45, 2.75) is 57.3 Å². The van der Waals surface area contributed by atoms with Crippen LogP contribution in [0.1, 0.15) is 54.4 Å². The van der Waals surface area contributed by atoms with Crippen molar-refractivity contribution in [2.24, 2.45) is 0 Å². The van der Waals surface area contributed by atoms with Gasteiger partial charge in [0.2, 0.25) is 0 Å². The van der Waals surface area contributed by atoms with E-state index in [1.165, 1.54) is 12.8 Å². The summed E-state index contributed by atoms with van der Waals surface area (Å²) in [5.74, 6) is 1.31. The van der Waals surface area contributed by atoms with Gasteiger partial charge < -0.3 is 19.5 Å². The molecule has 2 aromatic carbocycles. The maximum absolute atomic E-state index is 12.8. The predicted molar refractivity (Wildman–Crippen MR) is 111 cm³/mol. The third-order valence-electron chi connectivity index (χ3n) is 5.59. The molecule has 5 heteroatoms. The fourth-order valence-electron chi connectivity index (χ4n) is 3.96. The summed E-state index contributed by atoms with van der Waals surface area (Å²) in [7, 11) is 0. The van der Waals surface area contributed by atoms with Gasteiger partial charge in [-0.15, -0.1) is 0 Å². The Morgan fingerprint density at radius 1 is 0.966 bits per heavy atom. The number of carbonyl (C=O) groups excluding carboxylic acids is 1. The van der Waals surface area contributed by atoms with E-state index in [1.807, 2.05) is 42.5 Å². The number of amides is 1. The summed E-state index contributed by atoms with van der Waals surface area (Å²) in [4.78, 5) is 12.8. The van der Waals surface area contributed by atoms with E-state index >= 15 is 0 Å². The van der Waals surface area contributed by atoms with Crippen molar-refractivity contribution in [3.05, 3.63) is 59.7 Å². The average molecular weight is 395 g/mol. The minimum Gasteiger partial charge on any atom is -0.490 e. The first-order valence-corrected chi connectivity index (χ1v) is 10.7. The average Bonchev–Trinajstić information content (AvgIpc) is 3.46. The molecule has 2 aliphatic rings. The molecule has 1 atom stereocenters. The van der Waals surface area contributed by atoms with Crippen LogP contribution < -0.4 is 14.8 Å². The minimum atomic E-state index is -0.149. The van der Waals surface area contributed by atoms with Crippen LogP contribution in [0.25, 0.3) is 0 Å². The molecule has 2 fully saturated rings. The predicted octanol–water partition coefficient (Wildman–Crippen LogP) is 4.50. The number of para-hydroxylation sites is 2. The lowest BCUT2D eigenvalue weighted by molar-refractivity contribution is 0.0670. The zero-order chi connectivity index (χ0) is 19.9. The van der Waals surface area contributed by atoms with E-state index in [-0.39, 0.29) is 12.0 Å². The molecule has 1 heterocycles. The van der Waals surface area contributed by atoms with Crippen molar-refractivity contribution in [2.75, 3.05) is 13.2 Å². The monoisotopic (exact) mass is 395 g/mol. The molecular weight excluding hydrogens is 366 g/mol. The molecule has 5 nitrogen and oxygen atoms in total. The van der Waals surface area contributed by atoms with E-state index in [0.29, 0.717) is 30.6 Å². The lowest BCUT2D eigenvalue weighted by Gasteiger charge is -2.17. The first-order valence-electron chi connectivity index (χ1n) is 10.7. The van der Waals surface area contributed by atoms with Gasteiger partial charge in [-0.05, 0) is 56.7 Å². The smallest absolute Gasteiger partial charge is 0.255 e. The quantitative estimate of drug-likeness (QED) is 0.715. The zero-order valence-corrected chi connectivity index (χ0v) is 16.8. The van der Waals surface area contributed by atoms with E-state index < -0.39 is 0 Å². The number of carbonyl (C=O) groups is 1. The van der Waals surface area contributed by atoms with Crippen LogP contribution >= 0.6 is 0 Å². The highest BCUT2D eigenvalue weighted by Gasteiger charge is 2.20. The van der Waals surface area contributed by atoms with Crippen LogP contribution in [0, 0.1) is 0 Å². The van der Waals surface area contributed by atoms with Crippen molar-refractivity contribution < 1.29 is 19.0 Å². The van der Waals surface area contributed by atoms with Crippen molar-refractivity contribution in [3.8, 4) is 11.5 Å². The molecular formula is C24H29NO4. The van der Waals surface area contributed by atoms with E-state index in [4.69, 9.17) is 14.2 Å². The van der Waals surface area contributed by atoms with Gasteiger partial charge in [-0.3, -0.25) is 4.79 Å². The maximum Gasteiger partial charge on any atom is 0.255 e. The molecule has 29 heavy (non-hydrogen) atoms. The summed E-state index contributed by atoms with van der Waals surface area (Å²) in [6, 6.07) is 15.3. The van der Waals surface area contributed by atoms with Crippen LogP contribution in [0.4, 0.5) is 0 Å². The summed E-state index contributed by atoms with van der Waals surface area (Å²) in [6.07, 6.45) is 7.15. The van der Waals surface area contributed by atoms with Gasteiger partial charge in [0, 0.05) is 18.7 Å². The summed E-state index contributed by atoms with van der Waals surface area (Å²) in [5.41, 5.74) is 1.53. The fourth-order valence-corrected chi connectivity index (χ4v) is 3.96. The molecule has 1 amide bonds. The number of hydrogen-bond acceptors (Lipinski definition) is 4. The standard InChI is InChI=1S/C24H29NO4/c26-24(21-12-4-6-14-23(21)28-17-20-11-7-15-27-20)25-16-18-8-1-5-13-22(18)29-19-9-2-3-10-19/h1,4-6,8,12-14,19-20H,2-3,7,9-11,15-17H2,(H,25,26). The second-order valence-electron chi connectivity index (χ2n) is 7.76. The molecule has 2 aromatic rings. The highest BCUT2D eigenvalue weighted by Crippen LogP contribution is 2.27. The number of ether oxygens (including phenoxy) is 3. The summed E-state index contributed by atoms with van der Waals surface area (Å²) in [6.45, 7) is 1.68. The van der Waals surface area contributed by atoms with Gasteiger partial charge in [-0.1, -0.05) is 30.3 Å². The second kappa shape index (κ2) is 9.79. The van der Waals surface area contributed by atoms with Crippen molar-refractivity contribution in [1.29, 1.82) is 0 Å². The molecule has 1 aliphatic heterocycles. The van der Waals surface area contributed by atoms with Crippen molar-refractivity contribution >= 4 is 5.91 Å². The molecule has 0 radical (unpaired) electrons. The van der Waals surface area contributed by atoms with Gasteiger partial charge in [0.1, 0.15) is 18.1 Å². The Labute approximate surface area is 172 Å². The largest absolute Gasteiger partial charge is 0.490 e. The number of nitrogens with one attached hydrogen (secondary N) is 1. The molecule has 4 rings (SSSR count). The summed E-state index contributed by atoms with van der Waals surface area (Å²) >= 11 is 0. The Bertz CT molecular complexity index is 810. The lowest BCUT2D eigenvalue weighted by atomic mass is 10.1. The van der Waals surface area contributed by atoms with Crippen LogP contribution in [0.15, 0.2) is 48.5 Å². The third kappa shape index (κ3) is 5.30. The van der Waals surface area contributed by atoms with Crippen LogP contribution in [0.2, 0.25) is 0 Å². The van der Waals surface area contributed by atoms with Gasteiger partial charge >= 0.3 is 0 Å². The Morgan fingerprint density at radius 3 is 2.52 bits per heavy atom. The fraction of sp³-hybridized carbons (Fsp3) is 0.458. The number of rotatable bonds is 8. The Morgan fingerprint density at radius 2 is 1.72 bits per heavy atom. The highest BCUT2D eigenvalue weighted by molar-refractivity contribution is 5.96. The zero-order valence-electron chi connectivity index (χ0n) is 16.8. The Kier molecular flexibility index (Phi) is 6.67. The molecule has 1 N–H and O–H groups in total. The van der Waals surface area contributed by atoms with Gasteiger partial charge in [-0.25, -0.2) is 0 Å². The molecule has 154 valence electrons. The Balaban J connectivity index is 1.37. The molecule has 1 saturated heterocycles. The summed E-state index contributed by atoms with van der Waals surface area (Å²) in [5, 5.41) is 3.02. The number of benzene rings is 2. The van der Waals surface area contributed by atoms with Crippen LogP contribution in [0.3, 0.4) is 0 Å². The highest BCUT2D eigenvalue weighted by atomic mass is 16.5. The van der Waals surface area contributed by atoms with Crippen LogP contribution in [-0.2, 0) is 11.3 Å². The van der Waals surface area contributed by atoms with Crippen LogP contribution in [0.5, 0.6) is 11.5 Å². The van der Waals surface area contributed by atoms with E-state index in [1.54, 1.807) is 6.07 Å². The first kappa shape index (κ1) is 19.8. The molecule has 1 unspecified atom stereocenters. The van der Waals surface area contributed by atoms with Crippen molar-refractivity contribution in [1.82, 2.24) is 5.32 Å². The van der Waals surface area contributed by atoms with Crippen LogP contribution in [-0.4, -0.2) is 31.3 Å². The summed E-state index contributed by atoms with van der Waals surface area (Å²) < 4.78 is 17.7. The molecule has 1 saturated carbocycles. The third-order valence-corrected chi connectivity index (χ3v) is 5.59. The normalized spacial score (nSPS) is 19.2. The molecule has 0 spiro atoms. The van der Waals surface area contributed by atoms with Gasteiger partial charge in [0.25, 0.3) is 5.91 Å². The van der Waals surface area contributed by atoms with Crippen molar-refractivity contribution in [3.63, 3.8) is 0 Å². The van der Waals surface area contributed by atoms with E-state index in [2.05, 4.69) is 5.32 Å². The molecule has 0 bridgehead atoms. The molecule has 0 aromatic heterocycles. The van der Waals surface area contributed by atoms with Gasteiger partial charge in [0.05, 0.1) is 17.8 Å². The van der Waals surface area contributed by atoms with Gasteiger partial charge in [0.15, 0.2) is 0 Å². The first-order chi connectivity index (χ1) is 14.3. The lowest BCUT2D eigenvalue weighted by Crippen LogP contribution is -2.25. The topological polar surface area (TPSA) is 56.8 Å². The second-order valence-corrected chi connectivity index (χ2v) is 7.76. The maximum atomic E-state index is 12.8. The van der Waals surface area contributed by atoms with E-state index in [9.17, 15) is 4.79 Å². The SMILES string of the molecule is O=C(NCc1ccccc1OC1CCCC1)c1ccccc1OCC1CCCO1. The minimum absolute atomic E-state index is 0.116.